The third-order valence-corrected chi connectivity index (χ3v) is 5.42. The van der Waals surface area contributed by atoms with E-state index in [0.717, 1.165) is 0 Å². The lowest BCUT2D eigenvalue weighted by Crippen LogP contribution is -2.44. The van der Waals surface area contributed by atoms with E-state index in [1.165, 1.54) is 25.7 Å². The molecular formula is C15H32. The van der Waals surface area contributed by atoms with Crippen LogP contribution in [0.25, 0.3) is 0 Å². The van der Waals surface area contributed by atoms with E-state index in [-0.39, 0.29) is 0 Å². The van der Waals surface area contributed by atoms with Crippen molar-refractivity contribution in [2.45, 2.75) is 81.1 Å². The molecule has 92 valence electrons. The van der Waals surface area contributed by atoms with E-state index in [2.05, 4.69) is 55.4 Å². The van der Waals surface area contributed by atoms with E-state index in [1.54, 1.807) is 0 Å². The molecule has 0 saturated heterocycles. The Morgan fingerprint density at radius 1 is 0.733 bits per heavy atom. The molecule has 0 aromatic carbocycles. The first kappa shape index (κ1) is 15.0. The Bertz CT molecular complexity index is 184. The Morgan fingerprint density at radius 3 is 1.53 bits per heavy atom. The van der Waals surface area contributed by atoms with Crippen molar-refractivity contribution in [3.63, 3.8) is 0 Å². The van der Waals surface area contributed by atoms with Crippen LogP contribution in [0.15, 0.2) is 0 Å². The molecule has 0 aromatic heterocycles. The van der Waals surface area contributed by atoms with Crippen LogP contribution in [0.2, 0.25) is 0 Å². The first-order chi connectivity index (χ1) is 6.62. The minimum Gasteiger partial charge on any atom is -0.0654 e. The minimum absolute atomic E-state index is 0.393. The number of rotatable bonds is 6. The van der Waals surface area contributed by atoms with Crippen LogP contribution in [-0.2, 0) is 0 Å². The highest BCUT2D eigenvalue weighted by Gasteiger charge is 2.46. The van der Waals surface area contributed by atoms with Gasteiger partial charge < -0.3 is 0 Å². The van der Waals surface area contributed by atoms with Gasteiger partial charge >= 0.3 is 0 Å². The van der Waals surface area contributed by atoms with Gasteiger partial charge in [0.25, 0.3) is 0 Å². The molecule has 0 aliphatic heterocycles. The van der Waals surface area contributed by atoms with Crippen molar-refractivity contribution in [3.05, 3.63) is 0 Å². The Balaban J connectivity index is 4.83. The molecule has 0 nitrogen and oxygen atoms in total. The number of hydrogen-bond acceptors (Lipinski definition) is 0. The van der Waals surface area contributed by atoms with Crippen molar-refractivity contribution in [1.29, 1.82) is 0 Å². The third-order valence-electron chi connectivity index (χ3n) is 5.42. The molecule has 0 aliphatic rings. The van der Waals surface area contributed by atoms with Gasteiger partial charge in [-0.25, -0.2) is 0 Å². The quantitative estimate of drug-likeness (QED) is 0.532. The lowest BCUT2D eigenvalue weighted by Gasteiger charge is -2.52. The van der Waals surface area contributed by atoms with E-state index in [9.17, 15) is 0 Å². The molecule has 0 radical (unpaired) electrons. The predicted molar refractivity (Wildman–Crippen MR) is 71.2 cm³/mol. The van der Waals surface area contributed by atoms with Crippen LogP contribution >= 0.6 is 0 Å². The topological polar surface area (TPSA) is 0 Å². The van der Waals surface area contributed by atoms with E-state index >= 15 is 0 Å². The largest absolute Gasteiger partial charge is 0.0654 e. The zero-order valence-corrected chi connectivity index (χ0v) is 12.3. The van der Waals surface area contributed by atoms with Gasteiger partial charge in [-0.1, -0.05) is 74.7 Å². The van der Waals surface area contributed by atoms with Crippen molar-refractivity contribution >= 4 is 0 Å². The van der Waals surface area contributed by atoms with E-state index in [4.69, 9.17) is 0 Å². The van der Waals surface area contributed by atoms with E-state index in [1.807, 2.05) is 0 Å². The first-order valence-electron chi connectivity index (χ1n) is 6.62. The molecule has 0 aromatic rings. The zero-order valence-electron chi connectivity index (χ0n) is 12.3. The first-order valence-corrected chi connectivity index (χ1v) is 6.62. The second-order valence-electron chi connectivity index (χ2n) is 6.85. The molecule has 15 heavy (non-hydrogen) atoms. The van der Waals surface area contributed by atoms with Gasteiger partial charge in [0.05, 0.1) is 0 Å². The van der Waals surface area contributed by atoms with Crippen molar-refractivity contribution in [3.8, 4) is 0 Å². The second kappa shape index (κ2) is 4.89. The van der Waals surface area contributed by atoms with Crippen LogP contribution in [0.4, 0.5) is 0 Å². The normalized spacial score (nSPS) is 14.4. The summed E-state index contributed by atoms with van der Waals surface area (Å²) in [5, 5.41) is 0. The SMILES string of the molecule is CCCCC(C)(C)C(C)(C)C(C)(C)CC. The monoisotopic (exact) mass is 212 g/mol. The van der Waals surface area contributed by atoms with Crippen LogP contribution < -0.4 is 0 Å². The molecule has 0 rings (SSSR count). The molecule has 0 saturated carbocycles. The molecular weight excluding hydrogens is 180 g/mol. The average Bonchev–Trinajstić information content (AvgIpc) is 2.14. The highest BCUT2D eigenvalue weighted by atomic mass is 14.5. The summed E-state index contributed by atoms with van der Waals surface area (Å²) in [7, 11) is 0. The van der Waals surface area contributed by atoms with Crippen LogP contribution in [-0.4, -0.2) is 0 Å². The van der Waals surface area contributed by atoms with Crippen LogP contribution in [0.5, 0.6) is 0 Å². The number of hydrogen-bond donors (Lipinski definition) is 0. The molecule has 0 N–H and O–H groups in total. The molecule has 0 atom stereocenters. The van der Waals surface area contributed by atoms with Gasteiger partial charge in [0, 0.05) is 0 Å². The highest BCUT2D eigenvalue weighted by Crippen LogP contribution is 2.54. The smallest absolute Gasteiger partial charge is 0.0252 e. The summed E-state index contributed by atoms with van der Waals surface area (Å²) in [5.74, 6) is 0. The van der Waals surface area contributed by atoms with Gasteiger partial charge in [-0.2, -0.15) is 0 Å². The lowest BCUT2D eigenvalue weighted by molar-refractivity contribution is -0.0284. The van der Waals surface area contributed by atoms with Gasteiger partial charge in [0.1, 0.15) is 0 Å². The Labute approximate surface area is 97.8 Å². The van der Waals surface area contributed by atoms with Crippen molar-refractivity contribution in [2.24, 2.45) is 16.2 Å². The molecule has 0 amide bonds. The molecule has 0 spiro atoms. The molecule has 0 bridgehead atoms. The van der Waals surface area contributed by atoms with Gasteiger partial charge in [-0.3, -0.25) is 0 Å². The van der Waals surface area contributed by atoms with Crippen molar-refractivity contribution in [1.82, 2.24) is 0 Å². The fraction of sp³-hybridized carbons (Fsp3) is 1.00. The third kappa shape index (κ3) is 2.98. The van der Waals surface area contributed by atoms with Gasteiger partial charge in [0.15, 0.2) is 0 Å². The summed E-state index contributed by atoms with van der Waals surface area (Å²) in [5.41, 5.74) is 1.25. The molecule has 0 heteroatoms. The highest BCUT2D eigenvalue weighted by molar-refractivity contribution is 4.95. The van der Waals surface area contributed by atoms with Gasteiger partial charge in [0.2, 0.25) is 0 Å². The van der Waals surface area contributed by atoms with E-state index in [0.29, 0.717) is 16.2 Å². The van der Waals surface area contributed by atoms with E-state index < -0.39 is 0 Å². The Kier molecular flexibility index (Phi) is 4.89. The standard InChI is InChI=1S/C15H32/c1-9-11-12-14(5,6)15(7,8)13(3,4)10-2/h9-12H2,1-8H3. The minimum atomic E-state index is 0.393. The predicted octanol–water partition coefficient (Wildman–Crippen LogP) is 5.67. The fourth-order valence-corrected chi connectivity index (χ4v) is 2.29. The summed E-state index contributed by atoms with van der Waals surface area (Å²) in [6.45, 7) is 19.2. The maximum absolute atomic E-state index is 2.45. The molecule has 0 aliphatic carbocycles. The summed E-state index contributed by atoms with van der Waals surface area (Å²) >= 11 is 0. The van der Waals surface area contributed by atoms with Crippen molar-refractivity contribution in [2.75, 3.05) is 0 Å². The Hall–Kier alpha value is 0. The number of unbranched alkanes of at least 4 members (excludes halogenated alkanes) is 1. The van der Waals surface area contributed by atoms with Gasteiger partial charge in [-0.15, -0.1) is 0 Å². The van der Waals surface area contributed by atoms with Gasteiger partial charge in [-0.05, 0) is 22.7 Å². The molecule has 0 heterocycles. The second-order valence-corrected chi connectivity index (χ2v) is 6.85. The Morgan fingerprint density at radius 2 is 1.20 bits per heavy atom. The summed E-state index contributed by atoms with van der Waals surface area (Å²) in [4.78, 5) is 0. The average molecular weight is 212 g/mol. The van der Waals surface area contributed by atoms with Crippen LogP contribution in [0.1, 0.15) is 81.1 Å². The molecule has 0 unspecified atom stereocenters. The fourth-order valence-electron chi connectivity index (χ4n) is 2.29. The zero-order chi connectivity index (χ0) is 12.3. The summed E-state index contributed by atoms with van der Waals surface area (Å²) in [6.07, 6.45) is 5.28. The maximum Gasteiger partial charge on any atom is -0.0252 e. The molecule has 0 fully saturated rings. The van der Waals surface area contributed by atoms with Crippen LogP contribution in [0, 0.1) is 16.2 Å². The van der Waals surface area contributed by atoms with Crippen LogP contribution in [0.3, 0.4) is 0 Å². The van der Waals surface area contributed by atoms with Crippen molar-refractivity contribution < 1.29 is 0 Å². The summed E-state index contributed by atoms with van der Waals surface area (Å²) < 4.78 is 0. The lowest BCUT2D eigenvalue weighted by atomic mass is 9.53. The maximum atomic E-state index is 2.45. The summed E-state index contributed by atoms with van der Waals surface area (Å²) in [6, 6.07) is 0.